The number of nitrogen functional groups attached to an aromatic ring is 1. The molecule has 2 aromatic rings. The molecule has 0 unspecified atom stereocenters. The van der Waals surface area contributed by atoms with Gasteiger partial charge in [0.25, 0.3) is 5.91 Å². The molecular formula is C14H18N4O. The van der Waals surface area contributed by atoms with Crippen LogP contribution in [-0.2, 0) is 6.54 Å². The first-order valence-corrected chi connectivity index (χ1v) is 6.20. The van der Waals surface area contributed by atoms with Crippen molar-refractivity contribution in [2.45, 2.75) is 20.4 Å². The van der Waals surface area contributed by atoms with Crippen LogP contribution in [0.5, 0.6) is 0 Å². The second-order valence-electron chi connectivity index (χ2n) is 4.50. The number of hydrogen-bond donors (Lipinski definition) is 2. The second kappa shape index (κ2) is 5.56. The van der Waals surface area contributed by atoms with E-state index in [-0.39, 0.29) is 5.91 Å². The molecule has 0 bridgehead atoms. The summed E-state index contributed by atoms with van der Waals surface area (Å²) >= 11 is 0. The molecule has 0 saturated heterocycles. The number of aryl methyl sites for hydroxylation is 2. The number of carbonyl (C=O) groups is 1. The second-order valence-corrected chi connectivity index (χ2v) is 4.50. The van der Waals surface area contributed by atoms with Crippen LogP contribution in [0.25, 0.3) is 0 Å². The number of carbonyl (C=O) groups excluding carboxylic acids is 1. The quantitative estimate of drug-likeness (QED) is 0.816. The van der Waals surface area contributed by atoms with Gasteiger partial charge in [-0.25, -0.2) is 4.98 Å². The molecule has 3 N–H and O–H groups in total. The average molecular weight is 258 g/mol. The first-order chi connectivity index (χ1) is 9.08. The molecule has 0 fully saturated rings. The zero-order chi connectivity index (χ0) is 13.8. The minimum absolute atomic E-state index is 0.0948. The lowest BCUT2D eigenvalue weighted by molar-refractivity contribution is 0.0951. The van der Waals surface area contributed by atoms with Crippen molar-refractivity contribution in [1.29, 1.82) is 0 Å². The zero-order valence-electron chi connectivity index (χ0n) is 11.2. The van der Waals surface area contributed by atoms with Crippen molar-refractivity contribution in [3.63, 3.8) is 0 Å². The van der Waals surface area contributed by atoms with Crippen LogP contribution in [0.2, 0.25) is 0 Å². The molecule has 0 aliphatic carbocycles. The van der Waals surface area contributed by atoms with Gasteiger partial charge in [-0.15, -0.1) is 0 Å². The van der Waals surface area contributed by atoms with Crippen LogP contribution < -0.4 is 11.1 Å². The van der Waals surface area contributed by atoms with E-state index in [0.717, 1.165) is 11.4 Å². The third-order valence-electron chi connectivity index (χ3n) is 3.07. The number of amides is 1. The smallest absolute Gasteiger partial charge is 0.251 e. The van der Waals surface area contributed by atoms with E-state index in [1.165, 1.54) is 0 Å². The Labute approximate surface area is 112 Å². The first kappa shape index (κ1) is 13.1. The fraction of sp³-hybridized carbons (Fsp3) is 0.286. The summed E-state index contributed by atoms with van der Waals surface area (Å²) < 4.78 is 1.99. The number of hydrogen-bond acceptors (Lipinski definition) is 3. The Kier molecular flexibility index (Phi) is 3.85. The van der Waals surface area contributed by atoms with Gasteiger partial charge in [-0.3, -0.25) is 4.79 Å². The normalized spacial score (nSPS) is 10.4. The van der Waals surface area contributed by atoms with Gasteiger partial charge in [-0.1, -0.05) is 6.07 Å². The highest BCUT2D eigenvalue weighted by atomic mass is 16.1. The lowest BCUT2D eigenvalue weighted by Gasteiger charge is -2.09. The maximum Gasteiger partial charge on any atom is 0.251 e. The maximum atomic E-state index is 12.0. The number of imidazole rings is 1. The van der Waals surface area contributed by atoms with E-state index in [4.69, 9.17) is 5.73 Å². The average Bonchev–Trinajstić information content (AvgIpc) is 2.78. The van der Waals surface area contributed by atoms with Crippen molar-refractivity contribution in [2.75, 3.05) is 12.3 Å². The summed E-state index contributed by atoms with van der Waals surface area (Å²) in [5, 5.41) is 2.89. The van der Waals surface area contributed by atoms with Crippen molar-refractivity contribution >= 4 is 11.6 Å². The minimum Gasteiger partial charge on any atom is -0.399 e. The van der Waals surface area contributed by atoms with Gasteiger partial charge in [0, 0.05) is 36.7 Å². The fourth-order valence-electron chi connectivity index (χ4n) is 1.91. The molecule has 2 rings (SSSR count). The summed E-state index contributed by atoms with van der Waals surface area (Å²) in [5.74, 6) is 0.844. The molecule has 1 heterocycles. The maximum absolute atomic E-state index is 12.0. The number of aromatic nitrogens is 2. The van der Waals surface area contributed by atoms with E-state index in [0.29, 0.717) is 24.3 Å². The number of nitrogens with zero attached hydrogens (tertiary/aromatic N) is 2. The van der Waals surface area contributed by atoms with Gasteiger partial charge >= 0.3 is 0 Å². The molecule has 100 valence electrons. The Hall–Kier alpha value is -2.30. The van der Waals surface area contributed by atoms with Crippen molar-refractivity contribution in [1.82, 2.24) is 14.9 Å². The Morgan fingerprint density at radius 3 is 2.89 bits per heavy atom. The highest BCUT2D eigenvalue weighted by Crippen LogP contribution is 2.12. The molecule has 0 radical (unpaired) electrons. The molecular weight excluding hydrogens is 240 g/mol. The Morgan fingerprint density at radius 2 is 2.21 bits per heavy atom. The van der Waals surface area contributed by atoms with Gasteiger partial charge in [-0.05, 0) is 31.5 Å². The van der Waals surface area contributed by atoms with Crippen molar-refractivity contribution in [3.05, 3.63) is 47.5 Å². The molecule has 1 aromatic heterocycles. The summed E-state index contributed by atoms with van der Waals surface area (Å²) in [6.45, 7) is 5.10. The van der Waals surface area contributed by atoms with Gasteiger partial charge < -0.3 is 15.6 Å². The fourth-order valence-corrected chi connectivity index (χ4v) is 1.91. The van der Waals surface area contributed by atoms with E-state index in [1.807, 2.05) is 30.7 Å². The molecule has 0 aliphatic heterocycles. The minimum atomic E-state index is -0.0948. The molecule has 0 spiro atoms. The molecule has 0 aliphatic rings. The molecule has 1 amide bonds. The van der Waals surface area contributed by atoms with Crippen molar-refractivity contribution < 1.29 is 4.79 Å². The number of rotatable bonds is 4. The predicted molar refractivity (Wildman–Crippen MR) is 74.9 cm³/mol. The Morgan fingerprint density at radius 1 is 1.42 bits per heavy atom. The monoisotopic (exact) mass is 258 g/mol. The Balaban J connectivity index is 1.94. The lowest BCUT2D eigenvalue weighted by Crippen LogP contribution is -2.28. The summed E-state index contributed by atoms with van der Waals surface area (Å²) in [6.07, 6.45) is 3.65. The number of nitrogens with two attached hydrogens (primary N) is 1. The first-order valence-electron chi connectivity index (χ1n) is 6.20. The summed E-state index contributed by atoms with van der Waals surface area (Å²) in [6, 6.07) is 5.35. The van der Waals surface area contributed by atoms with Crippen LogP contribution >= 0.6 is 0 Å². The molecule has 0 atom stereocenters. The number of nitrogens with one attached hydrogen (secondary N) is 1. The van der Waals surface area contributed by atoms with E-state index in [9.17, 15) is 4.79 Å². The summed E-state index contributed by atoms with van der Waals surface area (Å²) in [4.78, 5) is 16.2. The van der Waals surface area contributed by atoms with Gasteiger partial charge in [0.2, 0.25) is 0 Å². The van der Waals surface area contributed by atoms with Crippen LogP contribution in [-0.4, -0.2) is 22.0 Å². The van der Waals surface area contributed by atoms with Gasteiger partial charge in [0.1, 0.15) is 5.82 Å². The van der Waals surface area contributed by atoms with Crippen molar-refractivity contribution in [2.24, 2.45) is 0 Å². The van der Waals surface area contributed by atoms with E-state index >= 15 is 0 Å². The Bertz CT molecular complexity index is 589. The molecule has 19 heavy (non-hydrogen) atoms. The summed E-state index contributed by atoms with van der Waals surface area (Å²) in [5.41, 5.74) is 7.85. The highest BCUT2D eigenvalue weighted by molar-refractivity contribution is 5.96. The summed E-state index contributed by atoms with van der Waals surface area (Å²) in [7, 11) is 0. The lowest BCUT2D eigenvalue weighted by atomic mass is 10.1. The topological polar surface area (TPSA) is 72.9 Å². The zero-order valence-corrected chi connectivity index (χ0v) is 11.2. The molecule has 5 nitrogen and oxygen atoms in total. The van der Waals surface area contributed by atoms with Crippen molar-refractivity contribution in [3.8, 4) is 0 Å². The van der Waals surface area contributed by atoms with Crippen LogP contribution in [0, 0.1) is 13.8 Å². The SMILES string of the molecule is Cc1ccc(N)cc1C(=O)NCCn1ccnc1C. The van der Waals surface area contributed by atoms with Gasteiger partial charge in [0.05, 0.1) is 0 Å². The van der Waals surface area contributed by atoms with Crippen LogP contribution in [0.4, 0.5) is 5.69 Å². The highest BCUT2D eigenvalue weighted by Gasteiger charge is 2.08. The predicted octanol–water partition coefficient (Wildman–Crippen LogP) is 1.51. The number of benzene rings is 1. The third-order valence-corrected chi connectivity index (χ3v) is 3.07. The van der Waals surface area contributed by atoms with Gasteiger partial charge in [0.15, 0.2) is 0 Å². The van der Waals surface area contributed by atoms with Crippen LogP contribution in [0.3, 0.4) is 0 Å². The molecule has 5 heteroatoms. The van der Waals surface area contributed by atoms with Crippen LogP contribution in [0.1, 0.15) is 21.7 Å². The standard InChI is InChI=1S/C14H18N4O/c1-10-3-4-12(15)9-13(10)14(19)17-6-8-18-7-5-16-11(18)2/h3-5,7,9H,6,8,15H2,1-2H3,(H,17,19). The third kappa shape index (κ3) is 3.13. The molecule has 1 aromatic carbocycles. The molecule has 0 saturated carbocycles. The largest absolute Gasteiger partial charge is 0.399 e. The van der Waals surface area contributed by atoms with E-state index in [2.05, 4.69) is 10.3 Å². The van der Waals surface area contributed by atoms with Crippen LogP contribution in [0.15, 0.2) is 30.6 Å². The van der Waals surface area contributed by atoms with Gasteiger partial charge in [-0.2, -0.15) is 0 Å². The van der Waals surface area contributed by atoms with E-state index in [1.54, 1.807) is 18.3 Å². The van der Waals surface area contributed by atoms with E-state index < -0.39 is 0 Å². The number of anilines is 1.